The van der Waals surface area contributed by atoms with Crippen molar-refractivity contribution in [2.75, 3.05) is 43.0 Å². The molecule has 1 N–H and O–H groups in total. The van der Waals surface area contributed by atoms with Gasteiger partial charge in [-0.3, -0.25) is 9.59 Å². The van der Waals surface area contributed by atoms with Gasteiger partial charge in [-0.2, -0.15) is 0 Å². The Bertz CT molecular complexity index is 768. The lowest BCUT2D eigenvalue weighted by atomic mass is 10.4. The molecule has 1 aliphatic rings. The normalized spacial score (nSPS) is 14.4. The molecule has 0 aromatic carbocycles. The summed E-state index contributed by atoms with van der Waals surface area (Å²) in [6.45, 7) is 4.10. The number of nitrogens with zero attached hydrogens (tertiary/aromatic N) is 5. The van der Waals surface area contributed by atoms with Crippen molar-refractivity contribution < 1.29 is 14.3 Å². The second-order valence-corrected chi connectivity index (χ2v) is 6.13. The highest BCUT2D eigenvalue weighted by molar-refractivity contribution is 5.88. The second kappa shape index (κ2) is 8.93. The highest BCUT2D eigenvalue weighted by atomic mass is 16.5. The third-order valence-electron chi connectivity index (χ3n) is 4.08. The molecule has 1 saturated heterocycles. The Balaban J connectivity index is 1.49. The minimum atomic E-state index is -0.170. The zero-order valence-electron chi connectivity index (χ0n) is 15.2. The van der Waals surface area contributed by atoms with E-state index in [1.165, 1.54) is 13.1 Å². The Morgan fingerprint density at radius 2 is 1.93 bits per heavy atom. The van der Waals surface area contributed by atoms with Crippen molar-refractivity contribution >= 4 is 23.5 Å². The molecule has 0 bridgehead atoms. The lowest BCUT2D eigenvalue weighted by Gasteiger charge is -2.22. The smallest absolute Gasteiger partial charge is 0.260 e. The first-order valence-corrected chi connectivity index (χ1v) is 8.78. The Morgan fingerprint density at radius 3 is 2.63 bits per heavy atom. The molecule has 3 heterocycles. The number of amides is 2. The molecule has 0 aliphatic carbocycles. The van der Waals surface area contributed by atoms with Gasteiger partial charge in [0.15, 0.2) is 6.61 Å². The topological polar surface area (TPSA) is 101 Å². The van der Waals surface area contributed by atoms with Crippen LogP contribution in [0, 0.1) is 0 Å². The van der Waals surface area contributed by atoms with Gasteiger partial charge in [0.25, 0.3) is 5.91 Å². The lowest BCUT2D eigenvalue weighted by Crippen LogP contribution is -2.38. The van der Waals surface area contributed by atoms with E-state index in [0.717, 1.165) is 13.0 Å². The minimum absolute atomic E-state index is 0.0751. The number of aromatic nitrogens is 3. The van der Waals surface area contributed by atoms with Crippen molar-refractivity contribution in [1.82, 2.24) is 19.9 Å². The summed E-state index contributed by atoms with van der Waals surface area (Å²) in [6.07, 6.45) is 5.76. The molecule has 27 heavy (non-hydrogen) atoms. The second-order valence-electron chi connectivity index (χ2n) is 6.13. The molecule has 0 atom stereocenters. The molecule has 2 aromatic heterocycles. The van der Waals surface area contributed by atoms with Gasteiger partial charge < -0.3 is 19.9 Å². The third kappa shape index (κ3) is 5.37. The number of carbonyl (C=O) groups excluding carboxylic acids is 2. The Morgan fingerprint density at radius 1 is 1.11 bits per heavy atom. The molecule has 9 nitrogen and oxygen atoms in total. The summed E-state index contributed by atoms with van der Waals surface area (Å²) < 4.78 is 5.48. The fraction of sp³-hybridized carbons (Fsp3) is 0.389. The molecule has 1 aliphatic heterocycles. The predicted octanol–water partition coefficient (Wildman–Crippen LogP) is 0.948. The van der Waals surface area contributed by atoms with Crippen LogP contribution in [0.4, 0.5) is 11.6 Å². The number of hydrogen-bond donors (Lipinski definition) is 1. The van der Waals surface area contributed by atoms with Crippen LogP contribution in [0.2, 0.25) is 0 Å². The number of rotatable bonds is 5. The van der Waals surface area contributed by atoms with Crippen molar-refractivity contribution in [3.63, 3.8) is 0 Å². The summed E-state index contributed by atoms with van der Waals surface area (Å²) in [7, 11) is 0. The van der Waals surface area contributed by atoms with Crippen molar-refractivity contribution in [3.05, 3.63) is 36.8 Å². The van der Waals surface area contributed by atoms with Crippen molar-refractivity contribution in [2.24, 2.45) is 0 Å². The van der Waals surface area contributed by atoms with Gasteiger partial charge in [-0.05, 0) is 18.6 Å². The van der Waals surface area contributed by atoms with Gasteiger partial charge in [0, 0.05) is 51.6 Å². The predicted molar refractivity (Wildman–Crippen MR) is 99.5 cm³/mol. The zero-order chi connectivity index (χ0) is 19.1. The largest absolute Gasteiger partial charge is 0.468 e. The standard InChI is InChI=1S/C18H22N6O3/c1-14(25)22-15-4-5-16(21-12-15)27-13-17(26)23-8-3-9-24(11-10-23)18-19-6-2-7-20-18/h2,4-7,12H,3,8-11,13H2,1H3,(H,22,25). The van der Waals surface area contributed by atoms with Crippen LogP contribution >= 0.6 is 0 Å². The number of anilines is 2. The quantitative estimate of drug-likeness (QED) is 0.836. The van der Waals surface area contributed by atoms with E-state index in [0.29, 0.717) is 37.1 Å². The first-order chi connectivity index (χ1) is 13.1. The van der Waals surface area contributed by atoms with Crippen LogP contribution in [0.5, 0.6) is 5.88 Å². The SMILES string of the molecule is CC(=O)Nc1ccc(OCC(=O)N2CCCN(c3ncccn3)CC2)nc1. The van der Waals surface area contributed by atoms with Crippen LogP contribution < -0.4 is 15.0 Å². The van der Waals surface area contributed by atoms with Crippen LogP contribution in [-0.2, 0) is 9.59 Å². The molecule has 0 unspecified atom stereocenters. The third-order valence-corrected chi connectivity index (χ3v) is 4.08. The maximum absolute atomic E-state index is 12.4. The van der Waals surface area contributed by atoms with Crippen LogP contribution in [0.15, 0.2) is 36.8 Å². The van der Waals surface area contributed by atoms with Crippen LogP contribution in [0.3, 0.4) is 0 Å². The van der Waals surface area contributed by atoms with E-state index in [-0.39, 0.29) is 18.4 Å². The van der Waals surface area contributed by atoms with Gasteiger partial charge >= 0.3 is 0 Å². The number of carbonyl (C=O) groups is 2. The minimum Gasteiger partial charge on any atom is -0.468 e. The van der Waals surface area contributed by atoms with Crippen LogP contribution in [0.1, 0.15) is 13.3 Å². The van der Waals surface area contributed by atoms with Gasteiger partial charge in [0.1, 0.15) is 0 Å². The molecule has 0 saturated carbocycles. The molecular weight excluding hydrogens is 348 g/mol. The van der Waals surface area contributed by atoms with Gasteiger partial charge in [-0.15, -0.1) is 0 Å². The van der Waals surface area contributed by atoms with E-state index >= 15 is 0 Å². The Kier molecular flexibility index (Phi) is 6.14. The molecule has 9 heteroatoms. The van der Waals surface area contributed by atoms with E-state index in [1.54, 1.807) is 35.5 Å². The number of hydrogen-bond acceptors (Lipinski definition) is 7. The van der Waals surface area contributed by atoms with Gasteiger partial charge in [-0.1, -0.05) is 0 Å². The van der Waals surface area contributed by atoms with Crippen molar-refractivity contribution in [2.45, 2.75) is 13.3 Å². The summed E-state index contributed by atoms with van der Waals surface area (Å²) in [5, 5.41) is 2.63. The van der Waals surface area contributed by atoms with E-state index in [9.17, 15) is 9.59 Å². The highest BCUT2D eigenvalue weighted by Crippen LogP contribution is 2.13. The molecule has 142 valence electrons. The molecular formula is C18H22N6O3. The lowest BCUT2D eigenvalue weighted by molar-refractivity contribution is -0.133. The molecule has 2 amide bonds. The van der Waals surface area contributed by atoms with Crippen LogP contribution in [0.25, 0.3) is 0 Å². The molecule has 2 aromatic rings. The summed E-state index contributed by atoms with van der Waals surface area (Å²) in [5.74, 6) is 0.772. The zero-order valence-corrected chi connectivity index (χ0v) is 15.2. The van der Waals surface area contributed by atoms with E-state index in [2.05, 4.69) is 25.2 Å². The summed E-state index contributed by atoms with van der Waals surface area (Å²) in [4.78, 5) is 39.9. The van der Waals surface area contributed by atoms with Gasteiger partial charge in [-0.25, -0.2) is 15.0 Å². The highest BCUT2D eigenvalue weighted by Gasteiger charge is 2.20. The molecule has 0 spiro atoms. The summed E-state index contributed by atoms with van der Waals surface area (Å²) >= 11 is 0. The first kappa shape index (κ1) is 18.6. The average Bonchev–Trinajstić information content (AvgIpc) is 2.94. The monoisotopic (exact) mass is 370 g/mol. The van der Waals surface area contributed by atoms with E-state index in [1.807, 2.05) is 0 Å². The van der Waals surface area contributed by atoms with Crippen molar-refractivity contribution in [3.8, 4) is 5.88 Å². The fourth-order valence-electron chi connectivity index (χ4n) is 2.79. The Hall–Kier alpha value is -3.23. The Labute approximate surface area is 157 Å². The maximum atomic E-state index is 12.4. The van der Waals surface area contributed by atoms with E-state index < -0.39 is 0 Å². The average molecular weight is 370 g/mol. The maximum Gasteiger partial charge on any atom is 0.260 e. The van der Waals surface area contributed by atoms with Crippen molar-refractivity contribution in [1.29, 1.82) is 0 Å². The number of pyridine rings is 1. The molecule has 1 fully saturated rings. The van der Waals surface area contributed by atoms with Gasteiger partial charge in [0.05, 0.1) is 11.9 Å². The summed E-state index contributed by atoms with van der Waals surface area (Å²) in [5.41, 5.74) is 0.580. The molecule has 3 rings (SSSR count). The number of nitrogens with one attached hydrogen (secondary N) is 1. The fourth-order valence-corrected chi connectivity index (χ4v) is 2.79. The number of ether oxygens (including phenoxy) is 1. The van der Waals surface area contributed by atoms with Crippen LogP contribution in [-0.4, -0.2) is 64.5 Å². The first-order valence-electron chi connectivity index (χ1n) is 8.78. The summed E-state index contributed by atoms with van der Waals surface area (Å²) in [6, 6.07) is 5.08. The van der Waals surface area contributed by atoms with E-state index in [4.69, 9.17) is 4.74 Å². The molecule has 0 radical (unpaired) electrons. The van der Waals surface area contributed by atoms with Gasteiger partial charge in [0.2, 0.25) is 17.7 Å².